The van der Waals surface area contributed by atoms with Gasteiger partial charge < -0.3 is 14.8 Å². The van der Waals surface area contributed by atoms with Crippen LogP contribution in [0.4, 0.5) is 0 Å². The summed E-state index contributed by atoms with van der Waals surface area (Å²) in [6.45, 7) is 4.81. The third-order valence-corrected chi connectivity index (χ3v) is 1.54. The highest BCUT2D eigenvalue weighted by Gasteiger charge is 2.30. The van der Waals surface area contributed by atoms with E-state index in [1.807, 2.05) is 0 Å². The van der Waals surface area contributed by atoms with Crippen LogP contribution in [0.25, 0.3) is 0 Å². The van der Waals surface area contributed by atoms with Gasteiger partial charge in [-0.25, -0.2) is 9.59 Å². The second-order valence-electron chi connectivity index (χ2n) is 2.73. The van der Waals surface area contributed by atoms with E-state index >= 15 is 0 Å². The molecule has 0 aliphatic carbocycles. The molecule has 1 amide bonds. The number of ether oxygens (including phenoxy) is 2. The number of carbonyl (C=O) groups excluding carboxylic acids is 3. The molecule has 1 N–H and O–H groups in total. The normalized spacial score (nSPS) is 9.33. The summed E-state index contributed by atoms with van der Waals surface area (Å²) in [5.41, 5.74) is 0.174. The van der Waals surface area contributed by atoms with E-state index < -0.39 is 23.9 Å². The van der Waals surface area contributed by atoms with Crippen molar-refractivity contribution >= 4 is 17.8 Å². The van der Waals surface area contributed by atoms with Crippen molar-refractivity contribution in [1.82, 2.24) is 5.32 Å². The Hall–Kier alpha value is -1.85. The lowest BCUT2D eigenvalue weighted by atomic mass is 10.2. The zero-order chi connectivity index (χ0) is 12.0. The van der Waals surface area contributed by atoms with Crippen LogP contribution < -0.4 is 5.32 Å². The third kappa shape index (κ3) is 3.80. The minimum Gasteiger partial charge on any atom is -0.467 e. The molecule has 0 bridgehead atoms. The Morgan fingerprint density at radius 3 is 1.80 bits per heavy atom. The van der Waals surface area contributed by atoms with Crippen molar-refractivity contribution in [3.8, 4) is 0 Å². The predicted molar refractivity (Wildman–Crippen MR) is 50.8 cm³/mol. The Bertz CT molecular complexity index is 281. The summed E-state index contributed by atoms with van der Waals surface area (Å²) >= 11 is 0. The number of amides is 1. The first-order chi connectivity index (χ1) is 6.93. The first-order valence-corrected chi connectivity index (χ1v) is 4.06. The molecule has 0 radical (unpaired) electrons. The van der Waals surface area contributed by atoms with Crippen LogP contribution in [0, 0.1) is 0 Å². The Labute approximate surface area is 87.2 Å². The van der Waals surface area contributed by atoms with E-state index in [0.717, 1.165) is 14.2 Å². The molecule has 0 heterocycles. The van der Waals surface area contributed by atoms with Crippen molar-refractivity contribution < 1.29 is 23.9 Å². The predicted octanol–water partition coefficient (Wildman–Crippen LogP) is -0.607. The van der Waals surface area contributed by atoms with Gasteiger partial charge in [0, 0.05) is 5.57 Å². The lowest BCUT2D eigenvalue weighted by Gasteiger charge is -2.13. The fraction of sp³-hybridized carbons (Fsp3) is 0.444. The second kappa shape index (κ2) is 5.79. The molecule has 0 unspecified atom stereocenters. The minimum absolute atomic E-state index is 0.174. The summed E-state index contributed by atoms with van der Waals surface area (Å²) in [7, 11) is 2.20. The van der Waals surface area contributed by atoms with Gasteiger partial charge in [0.25, 0.3) is 0 Å². The van der Waals surface area contributed by atoms with Gasteiger partial charge in [-0.1, -0.05) is 6.58 Å². The first kappa shape index (κ1) is 13.2. The van der Waals surface area contributed by atoms with Gasteiger partial charge in [0.05, 0.1) is 14.2 Å². The van der Waals surface area contributed by atoms with Crippen molar-refractivity contribution in [1.29, 1.82) is 0 Å². The fourth-order valence-corrected chi connectivity index (χ4v) is 0.704. The van der Waals surface area contributed by atoms with Gasteiger partial charge in [-0.05, 0) is 6.92 Å². The molecule has 0 fully saturated rings. The second-order valence-corrected chi connectivity index (χ2v) is 2.73. The van der Waals surface area contributed by atoms with Crippen LogP contribution in [0.15, 0.2) is 12.2 Å². The summed E-state index contributed by atoms with van der Waals surface area (Å²) in [5.74, 6) is -2.40. The summed E-state index contributed by atoms with van der Waals surface area (Å²) in [4.78, 5) is 33.4. The maximum Gasteiger partial charge on any atom is 0.340 e. The number of carbonyl (C=O) groups is 3. The Morgan fingerprint density at radius 1 is 1.13 bits per heavy atom. The lowest BCUT2D eigenvalue weighted by molar-refractivity contribution is -0.156. The highest BCUT2D eigenvalue weighted by molar-refractivity contribution is 6.05. The topological polar surface area (TPSA) is 81.7 Å². The molecule has 0 aliphatic heterocycles. The first-order valence-electron chi connectivity index (χ1n) is 4.06. The number of rotatable bonds is 4. The van der Waals surface area contributed by atoms with E-state index in [4.69, 9.17) is 0 Å². The van der Waals surface area contributed by atoms with Crippen molar-refractivity contribution in [2.24, 2.45) is 0 Å². The monoisotopic (exact) mass is 215 g/mol. The van der Waals surface area contributed by atoms with Gasteiger partial charge in [-0.2, -0.15) is 0 Å². The van der Waals surface area contributed by atoms with Gasteiger partial charge in [0.1, 0.15) is 0 Å². The van der Waals surface area contributed by atoms with E-state index in [0.29, 0.717) is 0 Å². The third-order valence-electron chi connectivity index (χ3n) is 1.54. The molecule has 0 aliphatic rings. The van der Waals surface area contributed by atoms with Crippen LogP contribution in [0.1, 0.15) is 6.92 Å². The highest BCUT2D eigenvalue weighted by Crippen LogP contribution is 1.95. The number of esters is 2. The number of nitrogens with one attached hydrogen (secondary N) is 1. The summed E-state index contributed by atoms with van der Waals surface area (Å²) < 4.78 is 8.66. The van der Waals surface area contributed by atoms with E-state index in [1.54, 1.807) is 0 Å². The summed E-state index contributed by atoms with van der Waals surface area (Å²) in [6.07, 6.45) is 0. The van der Waals surface area contributed by atoms with Gasteiger partial charge in [-0.3, -0.25) is 4.79 Å². The van der Waals surface area contributed by atoms with E-state index in [1.165, 1.54) is 6.92 Å². The van der Waals surface area contributed by atoms with Gasteiger partial charge in [0.15, 0.2) is 0 Å². The van der Waals surface area contributed by atoms with Crippen molar-refractivity contribution in [3.05, 3.63) is 12.2 Å². The van der Waals surface area contributed by atoms with Crippen LogP contribution >= 0.6 is 0 Å². The molecule has 0 atom stereocenters. The summed E-state index contributed by atoms with van der Waals surface area (Å²) in [5, 5.41) is 2.13. The van der Waals surface area contributed by atoms with Crippen LogP contribution in [0.5, 0.6) is 0 Å². The molecule has 0 saturated carbocycles. The quantitative estimate of drug-likeness (QED) is 0.384. The molecule has 0 aromatic heterocycles. The molecule has 0 saturated heterocycles. The summed E-state index contributed by atoms with van der Waals surface area (Å²) in [6, 6.07) is -1.45. The average molecular weight is 215 g/mol. The van der Waals surface area contributed by atoms with Gasteiger partial charge in [-0.15, -0.1) is 0 Å². The fourth-order valence-electron chi connectivity index (χ4n) is 0.704. The van der Waals surface area contributed by atoms with Crippen molar-refractivity contribution in [2.75, 3.05) is 14.2 Å². The van der Waals surface area contributed by atoms with Gasteiger partial charge in [0.2, 0.25) is 11.9 Å². The molecule has 0 aromatic rings. The maximum absolute atomic E-state index is 11.2. The zero-order valence-electron chi connectivity index (χ0n) is 8.83. The largest absolute Gasteiger partial charge is 0.467 e. The molecular formula is C9H13NO5. The maximum atomic E-state index is 11.2. The SMILES string of the molecule is C=C(C)C(=O)NC(C(=O)OC)C(=O)OC. The Kier molecular flexibility index (Phi) is 5.08. The molecule has 6 nitrogen and oxygen atoms in total. The highest BCUT2D eigenvalue weighted by atomic mass is 16.5. The number of hydrogen-bond acceptors (Lipinski definition) is 5. The van der Waals surface area contributed by atoms with Gasteiger partial charge >= 0.3 is 11.9 Å². The smallest absolute Gasteiger partial charge is 0.340 e. The lowest BCUT2D eigenvalue weighted by Crippen LogP contribution is -2.47. The van der Waals surface area contributed by atoms with E-state index in [2.05, 4.69) is 21.4 Å². The van der Waals surface area contributed by atoms with Crippen molar-refractivity contribution in [3.63, 3.8) is 0 Å². The molecule has 6 heteroatoms. The minimum atomic E-state index is -1.45. The molecule has 15 heavy (non-hydrogen) atoms. The van der Waals surface area contributed by atoms with Crippen LogP contribution in [-0.2, 0) is 23.9 Å². The Morgan fingerprint density at radius 2 is 1.53 bits per heavy atom. The van der Waals surface area contributed by atoms with E-state index in [9.17, 15) is 14.4 Å². The van der Waals surface area contributed by atoms with Crippen LogP contribution in [-0.4, -0.2) is 38.1 Å². The molecule has 0 rings (SSSR count). The molecule has 0 aromatic carbocycles. The molecule has 84 valence electrons. The number of methoxy groups -OCH3 is 2. The molecular weight excluding hydrogens is 202 g/mol. The number of hydrogen-bond donors (Lipinski definition) is 1. The van der Waals surface area contributed by atoms with E-state index in [-0.39, 0.29) is 5.57 Å². The average Bonchev–Trinajstić information content (AvgIpc) is 2.23. The van der Waals surface area contributed by atoms with Crippen molar-refractivity contribution in [2.45, 2.75) is 13.0 Å². The van der Waals surface area contributed by atoms with Crippen LogP contribution in [0.2, 0.25) is 0 Å². The zero-order valence-corrected chi connectivity index (χ0v) is 8.83. The van der Waals surface area contributed by atoms with Crippen LogP contribution in [0.3, 0.4) is 0 Å². The molecule has 0 spiro atoms. The Balaban J connectivity index is 4.66. The standard InChI is InChI=1S/C9H13NO5/c1-5(2)7(11)10-6(8(12)14-3)9(13)15-4/h6H,1H2,2-4H3,(H,10,11).